The first kappa shape index (κ1) is 18.9. The van der Waals surface area contributed by atoms with E-state index in [4.69, 9.17) is 8.85 Å². The first-order valence-corrected chi connectivity index (χ1v) is 10.3. The summed E-state index contributed by atoms with van der Waals surface area (Å²) in [4.78, 5) is 0. The molecule has 19 heavy (non-hydrogen) atoms. The third-order valence-corrected chi connectivity index (χ3v) is 5.64. The van der Waals surface area contributed by atoms with Crippen molar-refractivity contribution >= 4 is 8.56 Å². The van der Waals surface area contributed by atoms with Gasteiger partial charge in [-0.25, -0.2) is 0 Å². The summed E-state index contributed by atoms with van der Waals surface area (Å²) in [6.45, 7) is 14.3. The number of hydrogen-bond acceptors (Lipinski definition) is 2. The molecule has 0 radical (unpaired) electrons. The van der Waals surface area contributed by atoms with Crippen molar-refractivity contribution < 1.29 is 8.85 Å². The second-order valence-electron chi connectivity index (χ2n) is 5.87. The normalized spacial score (nSPS) is 14.6. The van der Waals surface area contributed by atoms with Gasteiger partial charge < -0.3 is 8.85 Å². The molecule has 0 N–H and O–H groups in total. The Bertz CT molecular complexity index is 219. The van der Waals surface area contributed by atoms with E-state index in [0.717, 1.165) is 26.1 Å². The minimum atomic E-state index is -2.10. The molecule has 2 nitrogen and oxygen atoms in total. The second-order valence-corrected chi connectivity index (χ2v) is 8.88. The van der Waals surface area contributed by atoms with E-state index in [1.165, 1.54) is 32.1 Å². The molecule has 3 heteroatoms. The fraction of sp³-hybridized carbons (Fsp3) is 0.875. The molecule has 1 unspecified atom stereocenters. The molecule has 0 fully saturated rings. The molecule has 0 heterocycles. The van der Waals surface area contributed by atoms with E-state index in [2.05, 4.69) is 33.9 Å². The zero-order valence-corrected chi connectivity index (χ0v) is 14.5. The topological polar surface area (TPSA) is 18.5 Å². The second kappa shape index (κ2) is 11.7. The molecule has 0 aliphatic carbocycles. The van der Waals surface area contributed by atoms with Crippen LogP contribution in [0.4, 0.5) is 0 Å². The lowest BCUT2D eigenvalue weighted by molar-refractivity contribution is 0.173. The minimum Gasteiger partial charge on any atom is -0.391 e. The highest BCUT2D eigenvalue weighted by Crippen LogP contribution is 2.13. The molecule has 0 aromatic rings. The molecule has 0 aromatic heterocycles. The summed E-state index contributed by atoms with van der Waals surface area (Å²) in [5.74, 6) is 0.682. The zero-order valence-electron chi connectivity index (χ0n) is 13.5. The largest absolute Gasteiger partial charge is 0.391 e. The number of rotatable bonds is 13. The predicted molar refractivity (Wildman–Crippen MR) is 86.6 cm³/mol. The lowest BCUT2D eigenvalue weighted by Gasteiger charge is -2.24. The highest BCUT2D eigenvalue weighted by atomic mass is 28.4. The summed E-state index contributed by atoms with van der Waals surface area (Å²) in [7, 11) is -2.10. The third kappa shape index (κ3) is 11.4. The lowest BCUT2D eigenvalue weighted by Crippen LogP contribution is -2.37. The summed E-state index contributed by atoms with van der Waals surface area (Å²) in [6, 6.07) is 0. The number of unbranched alkanes of at least 4 members (excludes halogenated alkanes) is 5. The van der Waals surface area contributed by atoms with Crippen molar-refractivity contribution in [1.82, 2.24) is 0 Å². The summed E-state index contributed by atoms with van der Waals surface area (Å²) in [6.07, 6.45) is 8.87. The van der Waals surface area contributed by atoms with E-state index in [1.54, 1.807) is 0 Å². The molecule has 0 aliphatic heterocycles. The Morgan fingerprint density at radius 2 is 1.58 bits per heavy atom. The van der Waals surface area contributed by atoms with Crippen LogP contribution in [-0.4, -0.2) is 21.8 Å². The quantitative estimate of drug-likeness (QED) is 0.341. The van der Waals surface area contributed by atoms with Gasteiger partial charge in [0.25, 0.3) is 0 Å². The van der Waals surface area contributed by atoms with Gasteiger partial charge in [0.2, 0.25) is 0 Å². The Kier molecular flexibility index (Phi) is 11.6. The van der Waals surface area contributed by atoms with Gasteiger partial charge in [-0.2, -0.15) is 0 Å². The highest BCUT2D eigenvalue weighted by molar-refractivity contribution is 6.71. The van der Waals surface area contributed by atoms with Gasteiger partial charge in [-0.1, -0.05) is 52.9 Å². The summed E-state index contributed by atoms with van der Waals surface area (Å²) in [5, 5.41) is 0. The molecule has 0 saturated heterocycles. The summed E-state index contributed by atoms with van der Waals surface area (Å²) < 4.78 is 11.9. The number of hydrogen-bond donors (Lipinski definition) is 0. The molecule has 0 bridgehead atoms. The van der Waals surface area contributed by atoms with Crippen molar-refractivity contribution in [2.75, 3.05) is 13.2 Å². The van der Waals surface area contributed by atoms with Gasteiger partial charge in [0.1, 0.15) is 0 Å². The molecule has 0 aromatic carbocycles. The van der Waals surface area contributed by atoms with Crippen LogP contribution in [0.15, 0.2) is 12.3 Å². The molecule has 0 rings (SSSR count). The highest BCUT2D eigenvalue weighted by Gasteiger charge is 2.27. The standard InChI is InChI=1S/C16H34O2Si/c1-6-8-9-10-11-12-14-17-19(5,7-2)18-15-13-16(3)4/h7,16H,2,6,8-15H2,1,3-5H3. The van der Waals surface area contributed by atoms with Crippen LogP contribution < -0.4 is 0 Å². The smallest absolute Gasteiger partial charge is 0.361 e. The molecule has 0 spiro atoms. The maximum Gasteiger partial charge on any atom is 0.361 e. The van der Waals surface area contributed by atoms with Crippen molar-refractivity contribution in [3.63, 3.8) is 0 Å². The Balaban J connectivity index is 3.64. The van der Waals surface area contributed by atoms with Crippen molar-refractivity contribution in [3.8, 4) is 0 Å². The molecular formula is C16H34O2Si. The van der Waals surface area contributed by atoms with Crippen LogP contribution in [0.25, 0.3) is 0 Å². The van der Waals surface area contributed by atoms with Gasteiger partial charge in [-0.05, 0) is 31.0 Å². The predicted octanol–water partition coefficient (Wildman–Crippen LogP) is 5.22. The van der Waals surface area contributed by atoms with Gasteiger partial charge in [-0.15, -0.1) is 6.58 Å². The van der Waals surface area contributed by atoms with E-state index >= 15 is 0 Å². The molecule has 114 valence electrons. The monoisotopic (exact) mass is 286 g/mol. The maximum atomic E-state index is 5.97. The van der Waals surface area contributed by atoms with Crippen LogP contribution >= 0.6 is 0 Å². The Labute approximate surface area is 121 Å². The average Bonchev–Trinajstić information content (AvgIpc) is 2.37. The van der Waals surface area contributed by atoms with E-state index in [9.17, 15) is 0 Å². The van der Waals surface area contributed by atoms with Gasteiger partial charge in [0.05, 0.1) is 0 Å². The molecular weight excluding hydrogens is 252 g/mol. The minimum absolute atomic E-state index is 0.682. The average molecular weight is 287 g/mol. The van der Waals surface area contributed by atoms with Crippen molar-refractivity contribution in [2.45, 2.75) is 72.3 Å². The molecule has 0 saturated carbocycles. The lowest BCUT2D eigenvalue weighted by atomic mass is 10.1. The van der Waals surface area contributed by atoms with E-state index in [0.29, 0.717) is 5.92 Å². The van der Waals surface area contributed by atoms with Crippen molar-refractivity contribution in [3.05, 3.63) is 12.3 Å². The fourth-order valence-corrected chi connectivity index (χ4v) is 3.21. The van der Waals surface area contributed by atoms with Crippen LogP contribution in [0.1, 0.15) is 65.7 Å². The Hall–Kier alpha value is -0.123. The first-order valence-electron chi connectivity index (χ1n) is 7.95. The Morgan fingerprint density at radius 1 is 1.00 bits per heavy atom. The van der Waals surface area contributed by atoms with Crippen LogP contribution in [0.3, 0.4) is 0 Å². The molecule has 0 aliphatic rings. The van der Waals surface area contributed by atoms with E-state index in [1.807, 2.05) is 5.70 Å². The SMILES string of the molecule is C=C[Si](C)(OCCCCCCCC)OCCC(C)C. The maximum absolute atomic E-state index is 5.97. The van der Waals surface area contributed by atoms with Crippen LogP contribution in [-0.2, 0) is 8.85 Å². The van der Waals surface area contributed by atoms with E-state index in [-0.39, 0.29) is 0 Å². The van der Waals surface area contributed by atoms with Crippen LogP contribution in [0.5, 0.6) is 0 Å². The molecule has 1 atom stereocenters. The third-order valence-electron chi connectivity index (χ3n) is 3.34. The molecule has 0 amide bonds. The van der Waals surface area contributed by atoms with Gasteiger partial charge in [-0.3, -0.25) is 0 Å². The van der Waals surface area contributed by atoms with Crippen molar-refractivity contribution in [1.29, 1.82) is 0 Å². The van der Waals surface area contributed by atoms with Crippen LogP contribution in [0.2, 0.25) is 6.55 Å². The van der Waals surface area contributed by atoms with Gasteiger partial charge in [0.15, 0.2) is 0 Å². The fourth-order valence-electron chi connectivity index (χ4n) is 1.81. The summed E-state index contributed by atoms with van der Waals surface area (Å²) >= 11 is 0. The van der Waals surface area contributed by atoms with E-state index < -0.39 is 8.56 Å². The first-order chi connectivity index (χ1) is 9.04. The van der Waals surface area contributed by atoms with Crippen LogP contribution in [0, 0.1) is 5.92 Å². The van der Waals surface area contributed by atoms with Gasteiger partial charge in [0, 0.05) is 13.2 Å². The zero-order chi connectivity index (χ0) is 14.6. The van der Waals surface area contributed by atoms with Crippen molar-refractivity contribution in [2.24, 2.45) is 5.92 Å². The Morgan fingerprint density at radius 3 is 2.16 bits per heavy atom. The summed E-state index contributed by atoms with van der Waals surface area (Å²) in [5.41, 5.74) is 1.91. The van der Waals surface area contributed by atoms with Gasteiger partial charge >= 0.3 is 8.56 Å².